The summed E-state index contributed by atoms with van der Waals surface area (Å²) in [5.41, 5.74) is 0. The minimum Gasteiger partial charge on any atom is -0.356 e. The van der Waals surface area contributed by atoms with Gasteiger partial charge >= 0.3 is 0 Å². The number of fused-ring (bicyclic) bond motifs is 2. The monoisotopic (exact) mass is 288 g/mol. The molecule has 0 radical (unpaired) electrons. The van der Waals surface area contributed by atoms with Gasteiger partial charge in [-0.25, -0.2) is 12.7 Å². The first-order chi connectivity index (χ1) is 8.88. The molecule has 2 saturated carbocycles. The van der Waals surface area contributed by atoms with Crippen LogP contribution in [0.4, 0.5) is 0 Å². The number of rotatable bonds is 6. The SMILES string of the molecule is CN(C)S(=O)(=O)CCC(=O)NC[C@@H]1C[C@H]2CC[C@H]1C2. The highest BCUT2D eigenvalue weighted by Gasteiger charge is 2.39. The lowest BCUT2D eigenvalue weighted by molar-refractivity contribution is -0.120. The third kappa shape index (κ3) is 3.69. The topological polar surface area (TPSA) is 66.5 Å². The fourth-order valence-corrected chi connectivity index (χ4v) is 4.17. The molecule has 3 atom stereocenters. The Bertz CT molecular complexity index is 433. The molecular weight excluding hydrogens is 264 g/mol. The summed E-state index contributed by atoms with van der Waals surface area (Å²) in [6.07, 6.45) is 5.29. The molecule has 6 heteroatoms. The average molecular weight is 288 g/mol. The van der Waals surface area contributed by atoms with E-state index >= 15 is 0 Å². The summed E-state index contributed by atoms with van der Waals surface area (Å²) in [5.74, 6) is 2.03. The number of nitrogens with zero attached hydrogens (tertiary/aromatic N) is 1. The van der Waals surface area contributed by atoms with E-state index in [4.69, 9.17) is 0 Å². The quantitative estimate of drug-likeness (QED) is 0.787. The number of nitrogens with one attached hydrogen (secondary N) is 1. The van der Waals surface area contributed by atoms with E-state index < -0.39 is 10.0 Å². The molecule has 5 nitrogen and oxygen atoms in total. The van der Waals surface area contributed by atoms with Gasteiger partial charge < -0.3 is 5.32 Å². The summed E-state index contributed by atoms with van der Waals surface area (Å²) in [5, 5.41) is 2.90. The van der Waals surface area contributed by atoms with Crippen LogP contribution < -0.4 is 5.32 Å². The zero-order valence-corrected chi connectivity index (χ0v) is 12.6. The summed E-state index contributed by atoms with van der Waals surface area (Å²) >= 11 is 0. The van der Waals surface area contributed by atoms with Crippen LogP contribution >= 0.6 is 0 Å². The van der Waals surface area contributed by atoms with Gasteiger partial charge in [-0.05, 0) is 37.0 Å². The van der Waals surface area contributed by atoms with Crippen molar-refractivity contribution in [2.45, 2.75) is 32.1 Å². The number of carbonyl (C=O) groups excluding carboxylic acids is 1. The molecule has 0 spiro atoms. The van der Waals surface area contributed by atoms with Crippen LogP contribution in [0.15, 0.2) is 0 Å². The van der Waals surface area contributed by atoms with Crippen molar-refractivity contribution in [3.63, 3.8) is 0 Å². The van der Waals surface area contributed by atoms with Gasteiger partial charge in [0.2, 0.25) is 15.9 Å². The van der Waals surface area contributed by atoms with Crippen molar-refractivity contribution in [2.75, 3.05) is 26.4 Å². The normalized spacial score (nSPS) is 29.9. The van der Waals surface area contributed by atoms with Gasteiger partial charge in [-0.2, -0.15) is 0 Å². The Morgan fingerprint density at radius 1 is 1.26 bits per heavy atom. The van der Waals surface area contributed by atoms with Crippen LogP contribution in [0.2, 0.25) is 0 Å². The zero-order valence-electron chi connectivity index (χ0n) is 11.8. The second kappa shape index (κ2) is 5.79. The Labute approximate surface area is 115 Å². The Hall–Kier alpha value is -0.620. The molecule has 2 bridgehead atoms. The first-order valence-corrected chi connectivity index (χ1v) is 8.66. The lowest BCUT2D eigenvalue weighted by atomic mass is 9.89. The van der Waals surface area contributed by atoms with E-state index in [9.17, 15) is 13.2 Å². The molecule has 0 aromatic rings. The number of sulfonamides is 1. The molecule has 2 aliphatic carbocycles. The van der Waals surface area contributed by atoms with Crippen molar-refractivity contribution in [3.05, 3.63) is 0 Å². The van der Waals surface area contributed by atoms with E-state index in [-0.39, 0.29) is 18.1 Å². The van der Waals surface area contributed by atoms with Crippen molar-refractivity contribution in [2.24, 2.45) is 17.8 Å². The molecule has 110 valence electrons. The summed E-state index contributed by atoms with van der Waals surface area (Å²) in [6.45, 7) is 0.724. The molecule has 0 aromatic carbocycles. The maximum atomic E-state index is 11.7. The molecule has 0 saturated heterocycles. The van der Waals surface area contributed by atoms with Crippen LogP contribution in [0.5, 0.6) is 0 Å². The van der Waals surface area contributed by atoms with Crippen LogP contribution in [0.1, 0.15) is 32.1 Å². The lowest BCUT2D eigenvalue weighted by Gasteiger charge is -2.21. The van der Waals surface area contributed by atoms with E-state index in [1.54, 1.807) is 0 Å². The van der Waals surface area contributed by atoms with Crippen LogP contribution in [0.3, 0.4) is 0 Å². The predicted molar refractivity (Wildman–Crippen MR) is 74.0 cm³/mol. The van der Waals surface area contributed by atoms with Crippen molar-refractivity contribution >= 4 is 15.9 Å². The lowest BCUT2D eigenvalue weighted by Crippen LogP contribution is -2.34. The standard InChI is InChI=1S/C13H24N2O3S/c1-15(2)19(17,18)6-5-13(16)14-9-12-8-10-3-4-11(12)7-10/h10-12H,3-9H2,1-2H3,(H,14,16)/t10-,11-,12-/m0/s1. The molecule has 2 fully saturated rings. The number of carbonyl (C=O) groups is 1. The van der Waals surface area contributed by atoms with E-state index in [1.807, 2.05) is 0 Å². The summed E-state index contributed by atoms with van der Waals surface area (Å²) in [4.78, 5) is 11.7. The Morgan fingerprint density at radius 3 is 2.53 bits per heavy atom. The van der Waals surface area contributed by atoms with Gasteiger partial charge in [-0.1, -0.05) is 6.42 Å². The first kappa shape index (κ1) is 14.8. The highest BCUT2D eigenvalue weighted by molar-refractivity contribution is 7.89. The molecule has 0 unspecified atom stereocenters. The molecular formula is C13H24N2O3S. The molecule has 19 heavy (non-hydrogen) atoms. The van der Waals surface area contributed by atoms with Gasteiger partial charge in [0.15, 0.2) is 0 Å². The minimum absolute atomic E-state index is 0.0569. The smallest absolute Gasteiger partial charge is 0.221 e. The van der Waals surface area contributed by atoms with Gasteiger partial charge in [0.05, 0.1) is 5.75 Å². The second-order valence-electron chi connectivity index (χ2n) is 6.09. The summed E-state index contributed by atoms with van der Waals surface area (Å²) < 4.78 is 24.3. The van der Waals surface area contributed by atoms with Gasteiger partial charge in [0.25, 0.3) is 0 Å². The van der Waals surface area contributed by atoms with Gasteiger partial charge in [-0.15, -0.1) is 0 Å². The number of amides is 1. The second-order valence-corrected chi connectivity index (χ2v) is 8.39. The third-order valence-corrected chi connectivity index (χ3v) is 6.42. The average Bonchev–Trinajstić information content (AvgIpc) is 2.95. The fraction of sp³-hybridized carbons (Fsp3) is 0.923. The summed E-state index contributed by atoms with van der Waals surface area (Å²) in [7, 11) is -0.289. The Balaban J connectivity index is 1.68. The highest BCUT2D eigenvalue weighted by Crippen LogP contribution is 2.47. The first-order valence-electron chi connectivity index (χ1n) is 7.05. The number of hydrogen-bond donors (Lipinski definition) is 1. The van der Waals surface area contributed by atoms with Crippen LogP contribution in [0.25, 0.3) is 0 Å². The molecule has 0 heterocycles. The van der Waals surface area contributed by atoms with Crippen molar-refractivity contribution in [1.82, 2.24) is 9.62 Å². The Morgan fingerprint density at radius 2 is 2.00 bits per heavy atom. The molecule has 0 aromatic heterocycles. The predicted octanol–water partition coefficient (Wildman–Crippen LogP) is 0.820. The van der Waals surface area contributed by atoms with E-state index in [1.165, 1.54) is 39.8 Å². The molecule has 0 aliphatic heterocycles. The zero-order chi connectivity index (χ0) is 14.0. The van der Waals surface area contributed by atoms with Gasteiger partial charge in [0.1, 0.15) is 0 Å². The van der Waals surface area contributed by atoms with Crippen molar-refractivity contribution < 1.29 is 13.2 Å². The largest absolute Gasteiger partial charge is 0.356 e. The fourth-order valence-electron chi connectivity index (χ4n) is 3.36. The maximum absolute atomic E-state index is 11.7. The van der Waals surface area contributed by atoms with Crippen LogP contribution in [-0.2, 0) is 14.8 Å². The maximum Gasteiger partial charge on any atom is 0.221 e. The van der Waals surface area contributed by atoms with Crippen molar-refractivity contribution in [3.8, 4) is 0 Å². The molecule has 2 aliphatic rings. The third-order valence-electron chi connectivity index (χ3n) is 4.59. The molecule has 1 N–H and O–H groups in total. The molecule has 2 rings (SSSR count). The highest BCUT2D eigenvalue weighted by atomic mass is 32.2. The van der Waals surface area contributed by atoms with Gasteiger partial charge in [-0.3, -0.25) is 4.79 Å². The summed E-state index contributed by atoms with van der Waals surface area (Å²) in [6, 6.07) is 0. The van der Waals surface area contributed by atoms with Gasteiger partial charge in [0, 0.05) is 27.1 Å². The van der Waals surface area contributed by atoms with Crippen molar-refractivity contribution in [1.29, 1.82) is 0 Å². The van der Waals surface area contributed by atoms with E-state index in [2.05, 4.69) is 5.32 Å². The van der Waals surface area contributed by atoms with Crippen LogP contribution in [-0.4, -0.2) is 45.0 Å². The minimum atomic E-state index is -3.27. The van der Waals surface area contributed by atoms with E-state index in [0.29, 0.717) is 5.92 Å². The number of hydrogen-bond acceptors (Lipinski definition) is 3. The molecule has 1 amide bonds. The van der Waals surface area contributed by atoms with E-state index in [0.717, 1.165) is 22.7 Å². The Kier molecular flexibility index (Phi) is 4.50. The van der Waals surface area contributed by atoms with Crippen LogP contribution in [0, 0.1) is 17.8 Å².